The lowest BCUT2D eigenvalue weighted by atomic mass is 10.1. The average molecular weight is 387 g/mol. The maximum Gasteiger partial charge on any atom is 0.253 e. The molecule has 2 aromatic rings. The van der Waals surface area contributed by atoms with Crippen molar-refractivity contribution in [2.24, 2.45) is 0 Å². The fraction of sp³-hybridized carbons (Fsp3) is 0.300. The van der Waals surface area contributed by atoms with Crippen molar-refractivity contribution < 1.29 is 9.59 Å². The first-order valence-corrected chi connectivity index (χ1v) is 10.9. The zero-order valence-corrected chi connectivity index (χ0v) is 16.6. The van der Waals surface area contributed by atoms with Crippen LogP contribution in [0, 0.1) is 0 Å². The van der Waals surface area contributed by atoms with Gasteiger partial charge in [-0.2, -0.15) is 0 Å². The molecule has 0 N–H and O–H groups in total. The predicted molar refractivity (Wildman–Crippen MR) is 108 cm³/mol. The molecule has 6 heteroatoms. The molecule has 26 heavy (non-hydrogen) atoms. The molecule has 1 heterocycles. The molecule has 4 nitrogen and oxygen atoms in total. The van der Waals surface area contributed by atoms with Gasteiger partial charge in [0.25, 0.3) is 11.8 Å². The lowest BCUT2D eigenvalue weighted by molar-refractivity contribution is 0.0535. The van der Waals surface area contributed by atoms with E-state index in [4.69, 9.17) is 0 Å². The lowest BCUT2D eigenvalue weighted by Crippen LogP contribution is -2.50. The molecule has 1 aliphatic rings. The van der Waals surface area contributed by atoms with Crippen LogP contribution in [0.15, 0.2) is 58.3 Å². The predicted octanol–water partition coefficient (Wildman–Crippen LogP) is 3.73. The van der Waals surface area contributed by atoms with Crippen molar-refractivity contribution in [3.05, 3.63) is 59.7 Å². The minimum absolute atomic E-state index is 0.0362. The summed E-state index contributed by atoms with van der Waals surface area (Å²) in [6.07, 6.45) is 4.03. The summed E-state index contributed by atoms with van der Waals surface area (Å²) in [6.45, 7) is 2.27. The quantitative estimate of drug-likeness (QED) is 0.751. The highest BCUT2D eigenvalue weighted by atomic mass is 32.2. The molecule has 0 unspecified atom stereocenters. The number of piperazine rings is 1. The molecule has 2 amide bonds. The average Bonchev–Trinajstić information content (AvgIpc) is 2.73. The van der Waals surface area contributed by atoms with Crippen LogP contribution in [0.25, 0.3) is 0 Å². The fourth-order valence-electron chi connectivity index (χ4n) is 2.94. The van der Waals surface area contributed by atoms with E-state index in [9.17, 15) is 9.59 Å². The highest BCUT2D eigenvalue weighted by Crippen LogP contribution is 2.18. The zero-order valence-electron chi connectivity index (χ0n) is 15.0. The van der Waals surface area contributed by atoms with Gasteiger partial charge in [0.2, 0.25) is 0 Å². The van der Waals surface area contributed by atoms with Gasteiger partial charge >= 0.3 is 0 Å². The summed E-state index contributed by atoms with van der Waals surface area (Å²) in [5.41, 5.74) is 1.41. The van der Waals surface area contributed by atoms with E-state index < -0.39 is 0 Å². The number of amides is 2. The van der Waals surface area contributed by atoms with E-state index in [2.05, 4.69) is 0 Å². The van der Waals surface area contributed by atoms with Crippen LogP contribution in [0.3, 0.4) is 0 Å². The Bertz CT molecular complexity index is 700. The summed E-state index contributed by atoms with van der Waals surface area (Å²) in [4.78, 5) is 31.2. The molecule has 0 bridgehead atoms. The summed E-state index contributed by atoms with van der Waals surface area (Å²) >= 11 is 3.32. The number of hydrogen-bond donors (Lipinski definition) is 0. The first kappa shape index (κ1) is 18.9. The van der Waals surface area contributed by atoms with Gasteiger partial charge < -0.3 is 9.80 Å². The lowest BCUT2D eigenvalue weighted by Gasteiger charge is -2.35. The van der Waals surface area contributed by atoms with E-state index in [1.807, 2.05) is 70.8 Å². The standard InChI is InChI=1S/C20H22N2O2S2/c1-25-17-7-3-15(4-8-17)19(23)21-11-13-22(14-12-21)20(24)16-5-9-18(26-2)10-6-16/h3-10H,11-14H2,1-2H3. The summed E-state index contributed by atoms with van der Waals surface area (Å²) in [5, 5.41) is 0. The van der Waals surface area contributed by atoms with E-state index in [0.717, 1.165) is 9.79 Å². The Labute approximate surface area is 162 Å². The monoisotopic (exact) mass is 386 g/mol. The first-order chi connectivity index (χ1) is 12.6. The largest absolute Gasteiger partial charge is 0.335 e. The van der Waals surface area contributed by atoms with Crippen molar-refractivity contribution in [3.8, 4) is 0 Å². The van der Waals surface area contributed by atoms with E-state index in [0.29, 0.717) is 37.3 Å². The maximum absolute atomic E-state index is 12.6. The third kappa shape index (κ3) is 4.24. The summed E-state index contributed by atoms with van der Waals surface area (Å²) < 4.78 is 0. The second kappa shape index (κ2) is 8.64. The van der Waals surface area contributed by atoms with Crippen LogP contribution in [-0.2, 0) is 0 Å². The Kier molecular flexibility index (Phi) is 6.27. The summed E-state index contributed by atoms with van der Waals surface area (Å²) in [6, 6.07) is 15.4. The van der Waals surface area contributed by atoms with Crippen LogP contribution >= 0.6 is 23.5 Å². The molecule has 3 rings (SSSR count). The van der Waals surface area contributed by atoms with Gasteiger partial charge in [0.05, 0.1) is 0 Å². The van der Waals surface area contributed by atoms with Crippen LogP contribution in [0.4, 0.5) is 0 Å². The molecule has 0 aromatic heterocycles. The third-order valence-corrected chi connectivity index (χ3v) is 6.02. The number of benzene rings is 2. The molecule has 2 aromatic carbocycles. The molecule has 0 aliphatic carbocycles. The van der Waals surface area contributed by atoms with Gasteiger partial charge in [-0.25, -0.2) is 0 Å². The Morgan fingerprint density at radius 3 is 1.23 bits per heavy atom. The molecule has 136 valence electrons. The van der Waals surface area contributed by atoms with Crippen molar-refractivity contribution >= 4 is 35.3 Å². The normalized spacial score (nSPS) is 14.4. The first-order valence-electron chi connectivity index (χ1n) is 8.49. The van der Waals surface area contributed by atoms with Crippen molar-refractivity contribution in [3.63, 3.8) is 0 Å². The Morgan fingerprint density at radius 1 is 0.654 bits per heavy atom. The van der Waals surface area contributed by atoms with Gasteiger partial charge in [-0.3, -0.25) is 9.59 Å². The van der Waals surface area contributed by atoms with Gasteiger partial charge in [0.1, 0.15) is 0 Å². The van der Waals surface area contributed by atoms with Crippen LogP contribution in [0.5, 0.6) is 0 Å². The number of carbonyl (C=O) groups excluding carboxylic acids is 2. The highest BCUT2D eigenvalue weighted by molar-refractivity contribution is 7.98. The van der Waals surface area contributed by atoms with Gasteiger partial charge in [0, 0.05) is 47.1 Å². The zero-order chi connectivity index (χ0) is 18.5. The van der Waals surface area contributed by atoms with Crippen molar-refractivity contribution in [1.29, 1.82) is 0 Å². The Hall–Kier alpha value is -1.92. The van der Waals surface area contributed by atoms with E-state index in [1.165, 1.54) is 0 Å². The molecule has 0 spiro atoms. The smallest absolute Gasteiger partial charge is 0.253 e. The second-order valence-corrected chi connectivity index (χ2v) is 7.80. The number of hydrogen-bond acceptors (Lipinski definition) is 4. The van der Waals surface area contributed by atoms with Crippen LogP contribution in [0.1, 0.15) is 20.7 Å². The number of nitrogens with zero attached hydrogens (tertiary/aromatic N) is 2. The van der Waals surface area contributed by atoms with Crippen molar-refractivity contribution in [2.45, 2.75) is 9.79 Å². The number of rotatable bonds is 4. The molecular formula is C20H22N2O2S2. The second-order valence-electron chi connectivity index (χ2n) is 6.04. The molecule has 0 atom stereocenters. The Balaban J connectivity index is 1.59. The van der Waals surface area contributed by atoms with Gasteiger partial charge in [-0.15, -0.1) is 23.5 Å². The van der Waals surface area contributed by atoms with Crippen molar-refractivity contribution in [1.82, 2.24) is 9.80 Å². The minimum atomic E-state index is 0.0362. The van der Waals surface area contributed by atoms with E-state index in [-0.39, 0.29) is 11.8 Å². The molecule has 1 saturated heterocycles. The number of thioether (sulfide) groups is 2. The molecule has 0 saturated carbocycles. The third-order valence-electron chi connectivity index (χ3n) is 4.53. The van der Waals surface area contributed by atoms with Crippen molar-refractivity contribution in [2.75, 3.05) is 38.7 Å². The molecular weight excluding hydrogens is 364 g/mol. The van der Waals surface area contributed by atoms with Crippen LogP contribution < -0.4 is 0 Å². The van der Waals surface area contributed by atoms with E-state index >= 15 is 0 Å². The molecule has 1 fully saturated rings. The molecule has 0 radical (unpaired) electrons. The highest BCUT2D eigenvalue weighted by Gasteiger charge is 2.25. The number of carbonyl (C=O) groups is 2. The minimum Gasteiger partial charge on any atom is -0.335 e. The van der Waals surface area contributed by atoms with Crippen LogP contribution in [-0.4, -0.2) is 60.3 Å². The van der Waals surface area contributed by atoms with Gasteiger partial charge in [-0.1, -0.05) is 0 Å². The van der Waals surface area contributed by atoms with E-state index in [1.54, 1.807) is 23.5 Å². The molecule has 1 aliphatic heterocycles. The van der Waals surface area contributed by atoms with Crippen LogP contribution in [0.2, 0.25) is 0 Å². The summed E-state index contributed by atoms with van der Waals surface area (Å²) in [5.74, 6) is 0.0724. The topological polar surface area (TPSA) is 40.6 Å². The maximum atomic E-state index is 12.6. The Morgan fingerprint density at radius 2 is 0.962 bits per heavy atom. The van der Waals surface area contributed by atoms with Gasteiger partial charge in [-0.05, 0) is 61.0 Å². The summed E-state index contributed by atoms with van der Waals surface area (Å²) in [7, 11) is 0. The SMILES string of the molecule is CSc1ccc(C(=O)N2CCN(C(=O)c3ccc(SC)cc3)CC2)cc1. The fourth-order valence-corrected chi connectivity index (χ4v) is 3.76. The van der Waals surface area contributed by atoms with Gasteiger partial charge in [0.15, 0.2) is 0 Å².